The first kappa shape index (κ1) is 17.0. The van der Waals surface area contributed by atoms with Crippen LogP contribution in [0.15, 0.2) is 22.7 Å². The lowest BCUT2D eigenvalue weighted by atomic mass is 9.88. The maximum Gasteiger partial charge on any atom is 0.334 e. The summed E-state index contributed by atoms with van der Waals surface area (Å²) in [4.78, 5) is 25.1. The van der Waals surface area contributed by atoms with Gasteiger partial charge in [0, 0.05) is 28.0 Å². The average Bonchev–Trinajstić information content (AvgIpc) is 2.26. The topological polar surface area (TPSA) is 57.6 Å². The summed E-state index contributed by atoms with van der Waals surface area (Å²) in [6.45, 7) is 6.39. The van der Waals surface area contributed by atoms with Crippen LogP contribution in [0.4, 0.5) is 0 Å². The number of halogens is 2. The van der Waals surface area contributed by atoms with Gasteiger partial charge in [0.1, 0.15) is 0 Å². The summed E-state index contributed by atoms with van der Waals surface area (Å²) < 4.78 is 0.748. The summed E-state index contributed by atoms with van der Waals surface area (Å²) in [5, 5.41) is 9.99. The van der Waals surface area contributed by atoms with Gasteiger partial charge in [0.05, 0.1) is 0 Å². The van der Waals surface area contributed by atoms with Crippen LogP contribution < -0.4 is 0 Å². The van der Waals surface area contributed by atoms with E-state index in [4.69, 9.17) is 11.6 Å². The molecule has 0 aromatic heterocycles. The second-order valence-electron chi connectivity index (χ2n) is 4.98. The zero-order valence-corrected chi connectivity index (χ0v) is 14.1. The van der Waals surface area contributed by atoms with Gasteiger partial charge in [0.15, 0.2) is 5.54 Å². The molecular weight excluding hydrogens is 346 g/mol. The van der Waals surface area contributed by atoms with E-state index in [1.807, 2.05) is 0 Å². The average molecular weight is 363 g/mol. The first-order valence-electron chi connectivity index (χ1n) is 6.11. The van der Waals surface area contributed by atoms with Gasteiger partial charge in [-0.1, -0.05) is 33.6 Å². The maximum absolute atomic E-state index is 11.9. The Hall–Kier alpha value is -1.07. The lowest BCUT2D eigenvalue weighted by molar-refractivity contribution is -0.160. The number of carbonyl (C=O) groups is 2. The molecule has 0 fully saturated rings. The van der Waals surface area contributed by atoms with Crippen molar-refractivity contribution in [3.63, 3.8) is 0 Å². The number of hydrogen-bond donors (Lipinski definition) is 1. The number of aliphatic carboxylic acids is 1. The third-order valence-corrected chi connectivity index (χ3v) is 4.02. The summed E-state index contributed by atoms with van der Waals surface area (Å²) in [7, 11) is 0. The number of hydrogen-bond acceptors (Lipinski definition) is 2. The van der Waals surface area contributed by atoms with Crippen molar-refractivity contribution in [1.29, 1.82) is 0 Å². The van der Waals surface area contributed by atoms with Gasteiger partial charge in [-0.2, -0.15) is 0 Å². The van der Waals surface area contributed by atoms with E-state index < -0.39 is 11.5 Å². The molecule has 0 saturated heterocycles. The van der Waals surface area contributed by atoms with E-state index in [2.05, 4.69) is 15.9 Å². The van der Waals surface area contributed by atoms with Crippen molar-refractivity contribution in [3.05, 3.63) is 33.3 Å². The molecule has 6 heteroatoms. The molecule has 1 rings (SSSR count). The molecule has 1 aromatic rings. The molecule has 0 bridgehead atoms. The number of carboxylic acids is 1. The first-order chi connectivity index (χ1) is 9.12. The van der Waals surface area contributed by atoms with Gasteiger partial charge < -0.3 is 10.0 Å². The van der Waals surface area contributed by atoms with Crippen LogP contribution in [0.1, 0.15) is 33.3 Å². The van der Waals surface area contributed by atoms with Crippen LogP contribution in [0.2, 0.25) is 5.02 Å². The molecule has 0 aliphatic carbocycles. The fraction of sp³-hybridized carbons (Fsp3) is 0.429. The van der Waals surface area contributed by atoms with Crippen LogP contribution in [0.25, 0.3) is 0 Å². The molecule has 20 heavy (non-hydrogen) atoms. The minimum absolute atomic E-state index is 0.270. The van der Waals surface area contributed by atoms with E-state index in [9.17, 15) is 14.7 Å². The summed E-state index contributed by atoms with van der Waals surface area (Å²) in [5.41, 5.74) is -1.13. The SMILES string of the molecule is CC(=O)N(C(C)C)C(C)(C(=O)O)c1ccc(Br)cc1Cl. The predicted molar refractivity (Wildman–Crippen MR) is 81.8 cm³/mol. The summed E-state index contributed by atoms with van der Waals surface area (Å²) in [5.74, 6) is -1.44. The number of carbonyl (C=O) groups excluding carboxylic acids is 1. The fourth-order valence-corrected chi connectivity index (χ4v) is 3.28. The Morgan fingerprint density at radius 3 is 2.30 bits per heavy atom. The Labute approximate surface area is 131 Å². The summed E-state index contributed by atoms with van der Waals surface area (Å²) >= 11 is 9.46. The summed E-state index contributed by atoms with van der Waals surface area (Å²) in [6, 6.07) is 4.68. The Morgan fingerprint density at radius 2 is 1.95 bits per heavy atom. The maximum atomic E-state index is 11.9. The van der Waals surface area contributed by atoms with Crippen molar-refractivity contribution in [2.24, 2.45) is 0 Å². The number of benzene rings is 1. The monoisotopic (exact) mass is 361 g/mol. The molecule has 1 atom stereocenters. The van der Waals surface area contributed by atoms with E-state index in [1.54, 1.807) is 32.0 Å². The number of rotatable bonds is 4. The van der Waals surface area contributed by atoms with Gasteiger partial charge in [-0.15, -0.1) is 0 Å². The molecule has 1 unspecified atom stereocenters. The molecule has 0 heterocycles. The smallest absolute Gasteiger partial charge is 0.334 e. The lowest BCUT2D eigenvalue weighted by Gasteiger charge is -2.41. The van der Waals surface area contributed by atoms with Crippen LogP contribution in [-0.2, 0) is 15.1 Å². The molecule has 0 saturated carbocycles. The third kappa shape index (κ3) is 2.99. The number of amides is 1. The Bertz CT molecular complexity index is 547. The highest BCUT2D eigenvalue weighted by Crippen LogP contribution is 2.36. The van der Waals surface area contributed by atoms with Gasteiger partial charge in [-0.05, 0) is 32.9 Å². The summed E-state index contributed by atoms with van der Waals surface area (Å²) in [6.07, 6.45) is 0. The third-order valence-electron chi connectivity index (χ3n) is 3.21. The Morgan fingerprint density at radius 1 is 1.40 bits per heavy atom. The van der Waals surface area contributed by atoms with Gasteiger partial charge in [-0.25, -0.2) is 4.79 Å². The molecule has 0 spiro atoms. The molecule has 1 aromatic carbocycles. The number of nitrogens with zero attached hydrogens (tertiary/aromatic N) is 1. The highest BCUT2D eigenvalue weighted by Gasteiger charge is 2.45. The number of carboxylic acid groups (broad SMARTS) is 1. The Kier molecular flexibility index (Phi) is 5.21. The van der Waals surface area contributed by atoms with Crippen LogP contribution in [0.3, 0.4) is 0 Å². The highest BCUT2D eigenvalue weighted by molar-refractivity contribution is 9.10. The zero-order valence-electron chi connectivity index (χ0n) is 11.8. The van der Waals surface area contributed by atoms with E-state index in [0.29, 0.717) is 10.6 Å². The van der Waals surface area contributed by atoms with Crippen molar-refractivity contribution in [2.45, 2.75) is 39.3 Å². The van der Waals surface area contributed by atoms with Gasteiger partial charge >= 0.3 is 5.97 Å². The zero-order chi connectivity index (χ0) is 15.7. The molecule has 0 aliphatic heterocycles. The van der Waals surface area contributed by atoms with Gasteiger partial charge in [0.25, 0.3) is 0 Å². The van der Waals surface area contributed by atoms with Crippen LogP contribution in [0, 0.1) is 0 Å². The van der Waals surface area contributed by atoms with E-state index in [1.165, 1.54) is 18.7 Å². The predicted octanol–water partition coefficient (Wildman–Crippen LogP) is 3.66. The molecule has 4 nitrogen and oxygen atoms in total. The molecule has 0 radical (unpaired) electrons. The van der Waals surface area contributed by atoms with E-state index >= 15 is 0 Å². The van der Waals surface area contributed by atoms with Crippen LogP contribution in [0.5, 0.6) is 0 Å². The highest BCUT2D eigenvalue weighted by atomic mass is 79.9. The fourth-order valence-electron chi connectivity index (χ4n) is 2.43. The van der Waals surface area contributed by atoms with Gasteiger partial charge in [0.2, 0.25) is 5.91 Å². The van der Waals surface area contributed by atoms with Crippen molar-refractivity contribution in [3.8, 4) is 0 Å². The minimum atomic E-state index is -1.52. The van der Waals surface area contributed by atoms with Crippen molar-refractivity contribution in [1.82, 2.24) is 4.90 Å². The molecular formula is C14H17BrClNO3. The molecule has 0 aliphatic rings. The lowest BCUT2D eigenvalue weighted by Crippen LogP contribution is -2.55. The standard InChI is InChI=1S/C14H17BrClNO3/c1-8(2)17(9(3)18)14(4,13(19)20)11-6-5-10(15)7-12(11)16/h5-8H,1-4H3,(H,19,20). The van der Waals surface area contributed by atoms with Crippen molar-refractivity contribution in [2.75, 3.05) is 0 Å². The first-order valence-corrected chi connectivity index (χ1v) is 7.28. The van der Waals surface area contributed by atoms with E-state index in [0.717, 1.165) is 4.47 Å². The minimum Gasteiger partial charge on any atom is -0.479 e. The van der Waals surface area contributed by atoms with Crippen LogP contribution >= 0.6 is 27.5 Å². The molecule has 1 N–H and O–H groups in total. The van der Waals surface area contributed by atoms with E-state index in [-0.39, 0.29) is 11.9 Å². The van der Waals surface area contributed by atoms with Gasteiger partial charge in [-0.3, -0.25) is 4.79 Å². The quantitative estimate of drug-likeness (QED) is 0.889. The van der Waals surface area contributed by atoms with Crippen molar-refractivity contribution < 1.29 is 14.7 Å². The second-order valence-corrected chi connectivity index (χ2v) is 6.31. The van der Waals surface area contributed by atoms with Crippen LogP contribution in [-0.4, -0.2) is 27.9 Å². The Balaban J connectivity index is 3.56. The molecule has 1 amide bonds. The second kappa shape index (κ2) is 6.14. The normalized spacial score (nSPS) is 13.9. The largest absolute Gasteiger partial charge is 0.479 e. The van der Waals surface area contributed by atoms with Crippen molar-refractivity contribution >= 4 is 39.4 Å². The molecule has 110 valence electrons.